The fourth-order valence-electron chi connectivity index (χ4n) is 1.29. The minimum absolute atomic E-state index is 0.671. The number of hydrogen-bond acceptors (Lipinski definition) is 3. The lowest BCUT2D eigenvalue weighted by Gasteiger charge is -2.05. The van der Waals surface area contributed by atoms with Gasteiger partial charge in [0.05, 0.1) is 6.54 Å². The van der Waals surface area contributed by atoms with E-state index in [-0.39, 0.29) is 0 Å². The van der Waals surface area contributed by atoms with Crippen molar-refractivity contribution in [3.8, 4) is 0 Å². The smallest absolute Gasteiger partial charge is 0.203 e. The molecular weight excluding hydrogens is 178 g/mol. The van der Waals surface area contributed by atoms with Crippen molar-refractivity contribution in [1.82, 2.24) is 19.5 Å². The van der Waals surface area contributed by atoms with Gasteiger partial charge in [-0.25, -0.2) is 9.97 Å². The standard InChI is InChI=1S/C9H13N5/c1-2-14-6-5-12-9(14)13-7-8-10-3-4-11-8/h3-6H,2,7H2,1H3,(H,10,11)(H,12,13). The number of nitrogens with one attached hydrogen (secondary N) is 2. The maximum absolute atomic E-state index is 4.20. The van der Waals surface area contributed by atoms with Crippen molar-refractivity contribution in [3.63, 3.8) is 0 Å². The molecular formula is C9H13N5. The Morgan fingerprint density at radius 1 is 1.43 bits per heavy atom. The molecule has 2 rings (SSSR count). The third kappa shape index (κ3) is 1.76. The molecule has 2 aromatic rings. The highest BCUT2D eigenvalue weighted by atomic mass is 15.2. The Morgan fingerprint density at radius 3 is 3.07 bits per heavy atom. The minimum Gasteiger partial charge on any atom is -0.348 e. The SMILES string of the molecule is CCn1ccnc1NCc1ncc[nH]1. The van der Waals surface area contributed by atoms with E-state index in [0.717, 1.165) is 18.3 Å². The number of imidazole rings is 2. The lowest BCUT2D eigenvalue weighted by Crippen LogP contribution is -2.07. The monoisotopic (exact) mass is 191 g/mol. The first-order valence-electron chi connectivity index (χ1n) is 4.63. The number of nitrogens with zero attached hydrogens (tertiary/aromatic N) is 3. The van der Waals surface area contributed by atoms with Crippen LogP contribution < -0.4 is 5.32 Å². The summed E-state index contributed by atoms with van der Waals surface area (Å²) in [6.45, 7) is 3.67. The molecule has 0 aliphatic heterocycles. The van der Waals surface area contributed by atoms with Crippen LogP contribution in [-0.2, 0) is 13.1 Å². The van der Waals surface area contributed by atoms with Gasteiger partial charge in [-0.3, -0.25) is 0 Å². The van der Waals surface area contributed by atoms with E-state index in [9.17, 15) is 0 Å². The summed E-state index contributed by atoms with van der Waals surface area (Å²) in [5.41, 5.74) is 0. The molecule has 2 heterocycles. The van der Waals surface area contributed by atoms with E-state index >= 15 is 0 Å². The molecule has 2 aromatic heterocycles. The first kappa shape index (κ1) is 8.80. The molecule has 5 nitrogen and oxygen atoms in total. The molecule has 0 amide bonds. The average Bonchev–Trinajstić information content (AvgIpc) is 2.85. The highest BCUT2D eigenvalue weighted by Crippen LogP contribution is 2.04. The zero-order chi connectivity index (χ0) is 9.80. The van der Waals surface area contributed by atoms with E-state index in [1.54, 1.807) is 12.4 Å². The molecule has 0 aliphatic rings. The number of rotatable bonds is 4. The van der Waals surface area contributed by atoms with Crippen LogP contribution in [-0.4, -0.2) is 19.5 Å². The third-order valence-corrected chi connectivity index (χ3v) is 2.02. The summed E-state index contributed by atoms with van der Waals surface area (Å²) >= 11 is 0. The van der Waals surface area contributed by atoms with Crippen LogP contribution in [0.3, 0.4) is 0 Å². The molecule has 0 aliphatic carbocycles. The largest absolute Gasteiger partial charge is 0.348 e. The summed E-state index contributed by atoms with van der Waals surface area (Å²) in [4.78, 5) is 11.3. The number of anilines is 1. The topological polar surface area (TPSA) is 58.5 Å². The molecule has 0 spiro atoms. The van der Waals surface area contributed by atoms with E-state index in [4.69, 9.17) is 0 Å². The van der Waals surface area contributed by atoms with Gasteiger partial charge < -0.3 is 14.9 Å². The van der Waals surface area contributed by atoms with Crippen molar-refractivity contribution in [3.05, 3.63) is 30.6 Å². The number of aromatic nitrogens is 4. The molecule has 5 heteroatoms. The number of aromatic amines is 1. The molecule has 0 saturated heterocycles. The third-order valence-electron chi connectivity index (χ3n) is 2.02. The van der Waals surface area contributed by atoms with Crippen LogP contribution >= 0.6 is 0 Å². The maximum atomic E-state index is 4.20. The second-order valence-electron chi connectivity index (χ2n) is 2.93. The maximum Gasteiger partial charge on any atom is 0.203 e. The van der Waals surface area contributed by atoms with Gasteiger partial charge in [0.1, 0.15) is 5.82 Å². The summed E-state index contributed by atoms with van der Waals surface area (Å²) in [7, 11) is 0. The van der Waals surface area contributed by atoms with Crippen molar-refractivity contribution in [2.45, 2.75) is 20.0 Å². The Bertz CT molecular complexity index is 376. The Labute approximate surface area is 82.2 Å². The predicted molar refractivity (Wildman–Crippen MR) is 53.8 cm³/mol. The van der Waals surface area contributed by atoms with Gasteiger partial charge in [0.25, 0.3) is 0 Å². The molecule has 0 unspecified atom stereocenters. The summed E-state index contributed by atoms with van der Waals surface area (Å²) in [6, 6.07) is 0. The normalized spacial score (nSPS) is 10.4. The quantitative estimate of drug-likeness (QED) is 0.764. The zero-order valence-electron chi connectivity index (χ0n) is 8.07. The number of aryl methyl sites for hydroxylation is 1. The number of hydrogen-bond donors (Lipinski definition) is 2. The molecule has 0 atom stereocenters. The molecule has 2 N–H and O–H groups in total. The summed E-state index contributed by atoms with van der Waals surface area (Å²) in [5.74, 6) is 1.79. The summed E-state index contributed by atoms with van der Waals surface area (Å²) < 4.78 is 2.04. The second kappa shape index (κ2) is 3.95. The first-order chi connectivity index (χ1) is 6.90. The van der Waals surface area contributed by atoms with Crippen LogP contribution in [0.15, 0.2) is 24.8 Å². The molecule has 0 fully saturated rings. The highest BCUT2D eigenvalue weighted by molar-refractivity contribution is 5.25. The van der Waals surface area contributed by atoms with Gasteiger partial charge >= 0.3 is 0 Å². The van der Waals surface area contributed by atoms with E-state index < -0.39 is 0 Å². The molecule has 0 radical (unpaired) electrons. The van der Waals surface area contributed by atoms with Crippen molar-refractivity contribution < 1.29 is 0 Å². The van der Waals surface area contributed by atoms with Gasteiger partial charge in [0, 0.05) is 31.3 Å². The molecule has 14 heavy (non-hydrogen) atoms. The Hall–Kier alpha value is -1.78. The van der Waals surface area contributed by atoms with E-state index in [2.05, 4.69) is 27.2 Å². The van der Waals surface area contributed by atoms with E-state index in [0.29, 0.717) is 6.54 Å². The average molecular weight is 191 g/mol. The van der Waals surface area contributed by atoms with Crippen LogP contribution in [0.5, 0.6) is 0 Å². The Balaban J connectivity index is 1.98. The van der Waals surface area contributed by atoms with Crippen LogP contribution in [0.25, 0.3) is 0 Å². The van der Waals surface area contributed by atoms with Crippen molar-refractivity contribution in [2.75, 3.05) is 5.32 Å². The van der Waals surface area contributed by atoms with Crippen LogP contribution in [0.2, 0.25) is 0 Å². The molecule has 0 aromatic carbocycles. The van der Waals surface area contributed by atoms with Gasteiger partial charge in [-0.05, 0) is 6.92 Å². The van der Waals surface area contributed by atoms with E-state index in [1.807, 2.05) is 17.0 Å². The van der Waals surface area contributed by atoms with Crippen molar-refractivity contribution in [1.29, 1.82) is 0 Å². The van der Waals surface area contributed by atoms with Gasteiger partial charge in [-0.15, -0.1) is 0 Å². The van der Waals surface area contributed by atoms with Gasteiger partial charge in [-0.1, -0.05) is 0 Å². The van der Waals surface area contributed by atoms with Gasteiger partial charge in [-0.2, -0.15) is 0 Å². The Morgan fingerprint density at radius 2 is 2.36 bits per heavy atom. The lowest BCUT2D eigenvalue weighted by atomic mass is 10.6. The lowest BCUT2D eigenvalue weighted by molar-refractivity contribution is 0.760. The first-order valence-corrected chi connectivity index (χ1v) is 4.63. The Kier molecular flexibility index (Phi) is 2.48. The molecule has 0 saturated carbocycles. The number of H-pyrrole nitrogens is 1. The zero-order valence-corrected chi connectivity index (χ0v) is 8.07. The highest BCUT2D eigenvalue weighted by Gasteiger charge is 2.00. The van der Waals surface area contributed by atoms with Gasteiger partial charge in [0.2, 0.25) is 5.95 Å². The summed E-state index contributed by atoms with van der Waals surface area (Å²) in [6.07, 6.45) is 7.28. The van der Waals surface area contributed by atoms with Gasteiger partial charge in [0.15, 0.2) is 0 Å². The van der Waals surface area contributed by atoms with Crippen molar-refractivity contribution in [2.24, 2.45) is 0 Å². The van der Waals surface area contributed by atoms with Crippen molar-refractivity contribution >= 4 is 5.95 Å². The molecule has 74 valence electrons. The fourth-order valence-corrected chi connectivity index (χ4v) is 1.29. The second-order valence-corrected chi connectivity index (χ2v) is 2.93. The summed E-state index contributed by atoms with van der Waals surface area (Å²) in [5, 5.41) is 3.20. The molecule has 0 bridgehead atoms. The minimum atomic E-state index is 0.671. The predicted octanol–water partition coefficient (Wildman–Crippen LogP) is 1.24. The van der Waals surface area contributed by atoms with Crippen LogP contribution in [0, 0.1) is 0 Å². The van der Waals surface area contributed by atoms with Crippen LogP contribution in [0.1, 0.15) is 12.7 Å². The van der Waals surface area contributed by atoms with Crippen LogP contribution in [0.4, 0.5) is 5.95 Å². The van der Waals surface area contributed by atoms with E-state index in [1.165, 1.54) is 0 Å². The fraction of sp³-hybridized carbons (Fsp3) is 0.333.